The van der Waals surface area contributed by atoms with Gasteiger partial charge in [-0.15, -0.1) is 0 Å². The highest BCUT2D eigenvalue weighted by Gasteiger charge is 2.38. The van der Waals surface area contributed by atoms with Crippen LogP contribution in [-0.4, -0.2) is 58.2 Å². The largest absolute Gasteiger partial charge is 0.495 e. The minimum absolute atomic E-state index is 0.0385. The molecule has 2 atom stereocenters. The number of para-hydroxylation sites is 1. The number of benzene rings is 3. The van der Waals surface area contributed by atoms with Crippen molar-refractivity contribution in [3.05, 3.63) is 83.4 Å². The Morgan fingerprint density at radius 3 is 2.51 bits per heavy atom. The fourth-order valence-corrected chi connectivity index (χ4v) is 5.61. The summed E-state index contributed by atoms with van der Waals surface area (Å²) in [6.07, 6.45) is -0.719. The van der Waals surface area contributed by atoms with Gasteiger partial charge in [0.05, 0.1) is 25.9 Å². The van der Waals surface area contributed by atoms with Gasteiger partial charge < -0.3 is 19.1 Å². The van der Waals surface area contributed by atoms with Gasteiger partial charge in [0.2, 0.25) is 0 Å². The molecular formula is C28H32N2O6S. The van der Waals surface area contributed by atoms with Crippen LogP contribution < -0.4 is 14.2 Å². The van der Waals surface area contributed by atoms with Gasteiger partial charge >= 0.3 is 0 Å². The summed E-state index contributed by atoms with van der Waals surface area (Å²) in [6.45, 7) is 7.03. The molecule has 0 aromatic heterocycles. The van der Waals surface area contributed by atoms with E-state index in [0.717, 1.165) is 11.1 Å². The molecule has 4 rings (SSSR count). The molecule has 0 bridgehead atoms. The molecule has 3 aromatic carbocycles. The molecule has 0 unspecified atom stereocenters. The summed E-state index contributed by atoms with van der Waals surface area (Å²) in [4.78, 5) is 15.1. The van der Waals surface area contributed by atoms with Crippen molar-refractivity contribution < 1.29 is 27.4 Å². The van der Waals surface area contributed by atoms with E-state index in [0.29, 0.717) is 36.7 Å². The van der Waals surface area contributed by atoms with E-state index in [-0.39, 0.29) is 22.7 Å². The van der Waals surface area contributed by atoms with Crippen molar-refractivity contribution in [3.8, 4) is 11.5 Å². The summed E-state index contributed by atoms with van der Waals surface area (Å²) < 4.78 is 45.9. The summed E-state index contributed by atoms with van der Waals surface area (Å²) >= 11 is 0. The average Bonchev–Trinajstić information content (AvgIpc) is 3.27. The first-order valence-electron chi connectivity index (χ1n) is 12.1. The zero-order valence-electron chi connectivity index (χ0n) is 21.4. The van der Waals surface area contributed by atoms with E-state index < -0.39 is 16.1 Å². The number of hydrogen-bond donors (Lipinski definition) is 1. The number of carbonyl (C=O) groups excluding carboxylic acids is 1. The lowest BCUT2D eigenvalue weighted by molar-refractivity contribution is 0.00820. The van der Waals surface area contributed by atoms with Crippen LogP contribution in [0.2, 0.25) is 0 Å². The number of nitrogens with zero attached hydrogens (tertiary/aromatic N) is 1. The van der Waals surface area contributed by atoms with Crippen molar-refractivity contribution in [1.82, 2.24) is 4.90 Å². The maximum Gasteiger partial charge on any atom is 0.265 e. The Morgan fingerprint density at radius 1 is 1.00 bits per heavy atom. The second-order valence-corrected chi connectivity index (χ2v) is 10.6. The van der Waals surface area contributed by atoms with E-state index in [1.807, 2.05) is 39.0 Å². The van der Waals surface area contributed by atoms with Crippen molar-refractivity contribution in [2.45, 2.75) is 37.9 Å². The molecule has 0 radical (unpaired) electrons. The molecule has 0 aliphatic carbocycles. The number of carbonyl (C=O) groups is 1. The van der Waals surface area contributed by atoms with E-state index in [1.54, 1.807) is 47.4 Å². The van der Waals surface area contributed by atoms with E-state index in [4.69, 9.17) is 14.2 Å². The number of rotatable bonds is 9. The number of methoxy groups -OCH3 is 1. The third-order valence-corrected chi connectivity index (χ3v) is 7.66. The summed E-state index contributed by atoms with van der Waals surface area (Å²) in [5, 5.41) is 0. The van der Waals surface area contributed by atoms with Crippen molar-refractivity contribution >= 4 is 21.6 Å². The minimum Gasteiger partial charge on any atom is -0.495 e. The quantitative estimate of drug-likeness (QED) is 0.445. The number of ether oxygens (including phenoxy) is 3. The van der Waals surface area contributed by atoms with Crippen LogP contribution >= 0.6 is 0 Å². The van der Waals surface area contributed by atoms with Crippen molar-refractivity contribution in [2.75, 3.05) is 31.5 Å². The van der Waals surface area contributed by atoms with Crippen molar-refractivity contribution in [1.29, 1.82) is 0 Å². The van der Waals surface area contributed by atoms with E-state index >= 15 is 0 Å². The molecule has 1 saturated heterocycles. The second kappa shape index (κ2) is 11.2. The molecule has 1 heterocycles. The Hall–Kier alpha value is -3.56. The lowest BCUT2D eigenvalue weighted by Gasteiger charge is -2.20. The number of anilines is 1. The second-order valence-electron chi connectivity index (χ2n) is 8.96. The molecule has 0 saturated carbocycles. The summed E-state index contributed by atoms with van der Waals surface area (Å²) in [7, 11) is -2.46. The molecule has 1 aliphatic heterocycles. The van der Waals surface area contributed by atoms with Gasteiger partial charge in [-0.25, -0.2) is 8.42 Å². The van der Waals surface area contributed by atoms with Crippen LogP contribution in [-0.2, 0) is 14.8 Å². The van der Waals surface area contributed by atoms with Crippen molar-refractivity contribution in [2.24, 2.45) is 0 Å². The van der Waals surface area contributed by atoms with Crippen LogP contribution in [0.5, 0.6) is 11.5 Å². The summed E-state index contributed by atoms with van der Waals surface area (Å²) in [5.41, 5.74) is 2.96. The molecule has 37 heavy (non-hydrogen) atoms. The van der Waals surface area contributed by atoms with Crippen LogP contribution in [0.3, 0.4) is 0 Å². The Bertz CT molecular complexity index is 1370. The lowest BCUT2D eigenvalue weighted by atomic mass is 10.0. The zero-order chi connectivity index (χ0) is 26.6. The van der Waals surface area contributed by atoms with Crippen LogP contribution in [0, 0.1) is 13.8 Å². The fourth-order valence-electron chi connectivity index (χ4n) is 4.39. The number of hydrogen-bond acceptors (Lipinski definition) is 6. The molecule has 9 heteroatoms. The van der Waals surface area contributed by atoms with Crippen LogP contribution in [0.4, 0.5) is 5.69 Å². The molecule has 8 nitrogen and oxygen atoms in total. The monoisotopic (exact) mass is 524 g/mol. The van der Waals surface area contributed by atoms with Gasteiger partial charge in [0.1, 0.15) is 28.6 Å². The Morgan fingerprint density at radius 2 is 1.76 bits per heavy atom. The maximum absolute atomic E-state index is 13.3. The van der Waals surface area contributed by atoms with Crippen LogP contribution in [0.15, 0.2) is 71.6 Å². The minimum atomic E-state index is -3.89. The van der Waals surface area contributed by atoms with Crippen LogP contribution in [0.25, 0.3) is 0 Å². The maximum atomic E-state index is 13.3. The topological polar surface area (TPSA) is 94.2 Å². The predicted molar refractivity (Wildman–Crippen MR) is 142 cm³/mol. The van der Waals surface area contributed by atoms with Crippen molar-refractivity contribution in [3.63, 3.8) is 0 Å². The highest BCUT2D eigenvalue weighted by molar-refractivity contribution is 7.92. The Labute approximate surface area is 218 Å². The van der Waals surface area contributed by atoms with E-state index in [2.05, 4.69) is 4.72 Å². The van der Waals surface area contributed by atoms with Gasteiger partial charge in [-0.05, 0) is 56.7 Å². The van der Waals surface area contributed by atoms with E-state index in [9.17, 15) is 13.2 Å². The van der Waals surface area contributed by atoms with Gasteiger partial charge in [-0.1, -0.05) is 35.9 Å². The van der Waals surface area contributed by atoms with Gasteiger partial charge in [-0.3, -0.25) is 9.52 Å². The van der Waals surface area contributed by atoms with Gasteiger partial charge in [0.15, 0.2) is 0 Å². The Balaban J connectivity index is 1.51. The number of nitrogens with one attached hydrogen (secondary N) is 1. The summed E-state index contributed by atoms with van der Waals surface area (Å²) in [5.74, 6) is 0.660. The van der Waals surface area contributed by atoms with Crippen LogP contribution in [0.1, 0.15) is 28.4 Å². The molecule has 1 aliphatic rings. The summed E-state index contributed by atoms with van der Waals surface area (Å²) in [6, 6.07) is 19.0. The lowest BCUT2D eigenvalue weighted by Crippen LogP contribution is -2.32. The Kier molecular flexibility index (Phi) is 8.04. The number of sulfonamides is 1. The number of likely N-dealkylation sites (tertiary alicyclic amines) is 1. The molecule has 0 spiro atoms. The smallest absolute Gasteiger partial charge is 0.265 e. The molecule has 1 N–H and O–H groups in total. The molecule has 196 valence electrons. The fraction of sp³-hybridized carbons (Fsp3) is 0.321. The molecular weight excluding hydrogens is 492 g/mol. The first-order chi connectivity index (χ1) is 17.7. The molecule has 1 fully saturated rings. The first-order valence-corrected chi connectivity index (χ1v) is 13.6. The number of amides is 1. The van der Waals surface area contributed by atoms with Gasteiger partial charge in [0.25, 0.3) is 15.9 Å². The standard InChI is InChI=1S/C28H32N2O6S/c1-5-35-25-17-30(28(31)23-15-19(2)13-14-20(23)3)18-26(25)36-22-10-8-9-21(16-22)29-37(32,33)27-12-7-6-11-24(27)34-4/h6-16,25-26,29H,5,17-18H2,1-4H3/t25-,26-/m1/s1. The highest BCUT2D eigenvalue weighted by Crippen LogP contribution is 2.28. The predicted octanol–water partition coefficient (Wildman–Crippen LogP) is 4.42. The van der Waals surface area contributed by atoms with Gasteiger partial charge in [0, 0.05) is 18.2 Å². The van der Waals surface area contributed by atoms with E-state index in [1.165, 1.54) is 13.2 Å². The third kappa shape index (κ3) is 6.06. The number of aryl methyl sites for hydroxylation is 2. The third-order valence-electron chi connectivity index (χ3n) is 6.24. The van der Waals surface area contributed by atoms with Gasteiger partial charge in [-0.2, -0.15) is 0 Å². The first kappa shape index (κ1) is 26.5. The SMILES string of the molecule is CCO[C@@H]1CN(C(=O)c2cc(C)ccc2C)C[C@H]1Oc1cccc(NS(=O)(=O)c2ccccc2OC)c1. The normalized spacial score (nSPS) is 17.5. The zero-order valence-corrected chi connectivity index (χ0v) is 22.2. The average molecular weight is 525 g/mol. The molecule has 3 aromatic rings. The highest BCUT2D eigenvalue weighted by atomic mass is 32.2. The molecule has 1 amide bonds.